The lowest BCUT2D eigenvalue weighted by Crippen LogP contribution is -2.31. The molecule has 0 atom stereocenters. The fourth-order valence-corrected chi connectivity index (χ4v) is 2.35. The normalized spacial score (nSPS) is 17.9. The van der Waals surface area contributed by atoms with Gasteiger partial charge < -0.3 is 9.64 Å². The summed E-state index contributed by atoms with van der Waals surface area (Å²) in [5, 5.41) is 0. The first-order chi connectivity index (χ1) is 8.38. The van der Waals surface area contributed by atoms with Gasteiger partial charge >= 0.3 is 0 Å². The number of hydrogen-bond donors (Lipinski definition) is 0. The fraction of sp³-hybridized carbons (Fsp3) is 0.357. The number of amidine groups is 1. The predicted octanol–water partition coefficient (Wildman–Crippen LogP) is 2.72. The van der Waals surface area contributed by atoms with Crippen LogP contribution in [0.15, 0.2) is 29.3 Å². The Bertz CT molecular complexity index is 491. The molecule has 2 aliphatic rings. The summed E-state index contributed by atoms with van der Waals surface area (Å²) in [4.78, 5) is 6.91. The van der Waals surface area contributed by atoms with Crippen LogP contribution in [0.25, 0.3) is 6.08 Å². The van der Waals surface area contributed by atoms with Crippen molar-refractivity contribution in [3.05, 3.63) is 29.8 Å². The number of methoxy groups -OCH3 is 1. The average Bonchev–Trinajstić information content (AvgIpc) is 2.63. The second-order valence-electron chi connectivity index (χ2n) is 4.36. The first kappa shape index (κ1) is 10.4. The lowest BCUT2D eigenvalue weighted by atomic mass is 10.1. The molecule has 0 bridgehead atoms. The standard InChI is InChI=1S/C14H16N2O/c1-17-12-6-4-11-5-7-14-15-8-2-3-9-16(14)13(11)10-12/h4-7,10H,2-3,8-9H2,1H3. The van der Waals surface area contributed by atoms with E-state index in [0.29, 0.717) is 0 Å². The molecule has 3 heteroatoms. The molecule has 0 spiro atoms. The smallest absolute Gasteiger partial charge is 0.127 e. The van der Waals surface area contributed by atoms with Gasteiger partial charge in [0.2, 0.25) is 0 Å². The molecule has 2 aliphatic heterocycles. The Labute approximate surface area is 101 Å². The first-order valence-electron chi connectivity index (χ1n) is 6.06. The van der Waals surface area contributed by atoms with Gasteiger partial charge in [0.1, 0.15) is 11.6 Å². The van der Waals surface area contributed by atoms with Gasteiger partial charge in [-0.2, -0.15) is 0 Å². The van der Waals surface area contributed by atoms with Crippen LogP contribution in [0.3, 0.4) is 0 Å². The van der Waals surface area contributed by atoms with E-state index in [2.05, 4.69) is 34.2 Å². The Balaban J connectivity index is 2.08. The molecule has 0 N–H and O–H groups in total. The highest BCUT2D eigenvalue weighted by atomic mass is 16.5. The van der Waals surface area contributed by atoms with Crippen molar-refractivity contribution in [2.45, 2.75) is 12.8 Å². The van der Waals surface area contributed by atoms with E-state index < -0.39 is 0 Å². The summed E-state index contributed by atoms with van der Waals surface area (Å²) in [6.07, 6.45) is 6.61. The molecule has 1 aromatic carbocycles. The average molecular weight is 228 g/mol. The molecule has 0 saturated heterocycles. The largest absolute Gasteiger partial charge is 0.497 e. The molecule has 2 heterocycles. The third-order valence-electron chi connectivity index (χ3n) is 3.28. The van der Waals surface area contributed by atoms with Crippen LogP contribution in [-0.2, 0) is 0 Å². The van der Waals surface area contributed by atoms with E-state index in [0.717, 1.165) is 24.7 Å². The van der Waals surface area contributed by atoms with E-state index in [4.69, 9.17) is 4.74 Å². The summed E-state index contributed by atoms with van der Waals surface area (Å²) in [5.41, 5.74) is 2.46. The summed E-state index contributed by atoms with van der Waals surface area (Å²) < 4.78 is 5.30. The van der Waals surface area contributed by atoms with Crippen LogP contribution in [0.5, 0.6) is 5.75 Å². The molecule has 0 amide bonds. The second kappa shape index (κ2) is 4.24. The minimum atomic E-state index is 0.905. The number of fused-ring (bicyclic) bond motifs is 3. The zero-order chi connectivity index (χ0) is 11.7. The van der Waals surface area contributed by atoms with Crippen molar-refractivity contribution >= 4 is 17.6 Å². The van der Waals surface area contributed by atoms with Crippen LogP contribution in [0.4, 0.5) is 5.69 Å². The number of benzene rings is 1. The topological polar surface area (TPSA) is 24.8 Å². The molecular formula is C14H16N2O. The van der Waals surface area contributed by atoms with Crippen LogP contribution in [-0.4, -0.2) is 26.0 Å². The minimum Gasteiger partial charge on any atom is -0.497 e. The molecule has 17 heavy (non-hydrogen) atoms. The Morgan fingerprint density at radius 2 is 2.18 bits per heavy atom. The van der Waals surface area contributed by atoms with Gasteiger partial charge in [-0.1, -0.05) is 0 Å². The zero-order valence-corrected chi connectivity index (χ0v) is 10.0. The van der Waals surface area contributed by atoms with Crippen molar-refractivity contribution in [3.63, 3.8) is 0 Å². The summed E-state index contributed by atoms with van der Waals surface area (Å²) >= 11 is 0. The number of rotatable bonds is 1. The predicted molar refractivity (Wildman–Crippen MR) is 70.9 cm³/mol. The van der Waals surface area contributed by atoms with E-state index in [-0.39, 0.29) is 0 Å². The quantitative estimate of drug-likeness (QED) is 0.738. The van der Waals surface area contributed by atoms with Gasteiger partial charge in [0.25, 0.3) is 0 Å². The van der Waals surface area contributed by atoms with Crippen molar-refractivity contribution in [1.82, 2.24) is 0 Å². The van der Waals surface area contributed by atoms with E-state index in [9.17, 15) is 0 Å². The summed E-state index contributed by atoms with van der Waals surface area (Å²) in [5.74, 6) is 1.99. The molecule has 0 radical (unpaired) electrons. The number of ether oxygens (including phenoxy) is 1. The summed E-state index contributed by atoms with van der Waals surface area (Å²) in [6, 6.07) is 6.20. The molecule has 88 valence electrons. The highest BCUT2D eigenvalue weighted by molar-refractivity contribution is 6.12. The van der Waals surface area contributed by atoms with E-state index in [1.54, 1.807) is 7.11 Å². The van der Waals surface area contributed by atoms with Crippen molar-refractivity contribution in [3.8, 4) is 5.75 Å². The van der Waals surface area contributed by atoms with E-state index in [1.807, 2.05) is 6.07 Å². The lowest BCUT2D eigenvalue weighted by molar-refractivity contribution is 0.415. The molecule has 3 nitrogen and oxygen atoms in total. The molecule has 0 aliphatic carbocycles. The Morgan fingerprint density at radius 3 is 3.06 bits per heavy atom. The van der Waals surface area contributed by atoms with Gasteiger partial charge in [0.05, 0.1) is 12.8 Å². The highest BCUT2D eigenvalue weighted by Gasteiger charge is 2.20. The molecule has 0 aromatic heterocycles. The molecule has 1 aromatic rings. The van der Waals surface area contributed by atoms with Crippen molar-refractivity contribution in [2.75, 3.05) is 25.1 Å². The monoisotopic (exact) mass is 228 g/mol. The minimum absolute atomic E-state index is 0.905. The summed E-state index contributed by atoms with van der Waals surface area (Å²) in [7, 11) is 1.71. The van der Waals surface area contributed by atoms with Crippen LogP contribution >= 0.6 is 0 Å². The Morgan fingerprint density at radius 1 is 1.24 bits per heavy atom. The highest BCUT2D eigenvalue weighted by Crippen LogP contribution is 2.31. The first-order valence-corrected chi connectivity index (χ1v) is 6.06. The maximum absolute atomic E-state index is 5.30. The molecule has 0 unspecified atom stereocenters. The van der Waals surface area contributed by atoms with E-state index in [1.165, 1.54) is 24.1 Å². The van der Waals surface area contributed by atoms with Gasteiger partial charge in [0, 0.05) is 19.2 Å². The molecular weight excluding hydrogens is 212 g/mol. The van der Waals surface area contributed by atoms with Gasteiger partial charge in [-0.15, -0.1) is 0 Å². The molecule has 0 saturated carbocycles. The number of hydrogen-bond acceptors (Lipinski definition) is 3. The van der Waals surface area contributed by atoms with Crippen molar-refractivity contribution in [1.29, 1.82) is 0 Å². The van der Waals surface area contributed by atoms with Crippen LogP contribution in [0, 0.1) is 0 Å². The van der Waals surface area contributed by atoms with Gasteiger partial charge in [-0.3, -0.25) is 4.99 Å². The molecule has 0 fully saturated rings. The maximum Gasteiger partial charge on any atom is 0.127 e. The number of anilines is 1. The Kier molecular flexibility index (Phi) is 2.59. The lowest BCUT2D eigenvalue weighted by Gasteiger charge is -2.28. The third-order valence-corrected chi connectivity index (χ3v) is 3.28. The van der Waals surface area contributed by atoms with Crippen LogP contribution in [0.1, 0.15) is 18.4 Å². The third kappa shape index (κ3) is 1.82. The van der Waals surface area contributed by atoms with E-state index >= 15 is 0 Å². The molecule has 3 rings (SSSR count). The Hall–Kier alpha value is -1.77. The van der Waals surface area contributed by atoms with Crippen molar-refractivity contribution in [2.24, 2.45) is 4.99 Å². The van der Waals surface area contributed by atoms with Crippen LogP contribution in [0.2, 0.25) is 0 Å². The summed E-state index contributed by atoms with van der Waals surface area (Å²) in [6.45, 7) is 1.98. The number of aliphatic imine (C=N–C) groups is 1. The van der Waals surface area contributed by atoms with Crippen LogP contribution < -0.4 is 9.64 Å². The van der Waals surface area contributed by atoms with Gasteiger partial charge in [-0.25, -0.2) is 0 Å². The number of nitrogens with zero attached hydrogens (tertiary/aromatic N) is 2. The van der Waals surface area contributed by atoms with Crippen molar-refractivity contribution < 1.29 is 4.74 Å². The SMILES string of the molecule is COc1ccc2c(c1)N1CCCCN=C1C=C2. The maximum atomic E-state index is 5.30. The van der Waals surface area contributed by atoms with Gasteiger partial charge in [-0.05, 0) is 42.7 Å². The second-order valence-corrected chi connectivity index (χ2v) is 4.36. The van der Waals surface area contributed by atoms with Gasteiger partial charge in [0.15, 0.2) is 0 Å². The fourth-order valence-electron chi connectivity index (χ4n) is 2.35. The zero-order valence-electron chi connectivity index (χ0n) is 10.0.